The van der Waals surface area contributed by atoms with Crippen molar-refractivity contribution in [3.63, 3.8) is 0 Å². The second-order valence-corrected chi connectivity index (χ2v) is 6.59. The molecule has 3 heterocycles. The van der Waals surface area contributed by atoms with Gasteiger partial charge in [0.05, 0.1) is 16.6 Å². The summed E-state index contributed by atoms with van der Waals surface area (Å²) in [6, 6.07) is 36.3. The van der Waals surface area contributed by atoms with E-state index < -0.39 is 0 Å². The van der Waals surface area contributed by atoms with Crippen LogP contribution in [0.5, 0.6) is 0 Å². The van der Waals surface area contributed by atoms with Gasteiger partial charge < -0.3 is 0 Å². The van der Waals surface area contributed by atoms with Crippen LogP contribution in [0.3, 0.4) is 0 Å². The third-order valence-corrected chi connectivity index (χ3v) is 4.54. The first-order valence-electron chi connectivity index (χ1n) is 9.79. The molecule has 0 bridgehead atoms. The molecule has 0 N–H and O–H groups in total. The van der Waals surface area contributed by atoms with E-state index >= 15 is 0 Å². The fourth-order valence-corrected chi connectivity index (χ4v) is 3.05. The van der Waals surface area contributed by atoms with Gasteiger partial charge in [-0.15, -0.1) is 0 Å². The average Bonchev–Trinajstić information content (AvgIpc) is 2.85. The molecule has 0 aliphatic carbocycles. The van der Waals surface area contributed by atoms with Crippen LogP contribution in [0.2, 0.25) is 0 Å². The molecule has 0 amide bonds. The molecule has 3 aromatic carbocycles. The Labute approximate surface area is 194 Å². The number of benzene rings is 3. The average molecular weight is 394 g/mol. The van der Waals surface area contributed by atoms with Crippen LogP contribution in [0.1, 0.15) is 0 Å². The van der Waals surface area contributed by atoms with E-state index in [0.29, 0.717) is 0 Å². The van der Waals surface area contributed by atoms with Crippen molar-refractivity contribution in [1.82, 2.24) is 15.0 Å². The summed E-state index contributed by atoms with van der Waals surface area (Å²) < 4.78 is 0. The molecular formula is C27H21LiN3. The number of nitrogens with zero attached hydrogens (tertiary/aromatic N) is 3. The molecule has 3 nitrogen and oxygen atoms in total. The normalized spacial score (nSPS) is 9.68. The fourth-order valence-electron chi connectivity index (χ4n) is 3.05. The number of rotatable bonds is 0. The van der Waals surface area contributed by atoms with Crippen LogP contribution in [-0.4, -0.2) is 33.8 Å². The smallest absolute Gasteiger partial charge is 0.0701 e. The largest absolute Gasteiger partial charge is 0.256 e. The molecule has 0 aliphatic rings. The molecule has 1 radical (unpaired) electrons. The molecule has 0 fully saturated rings. The van der Waals surface area contributed by atoms with Gasteiger partial charge in [0, 0.05) is 53.6 Å². The monoisotopic (exact) mass is 394 g/mol. The standard InChI is InChI=1S/3C9H7N.Li/c3*1-2-6-9-8(4-1)5-3-7-10-9;/h3*1-7H;. The maximum Gasteiger partial charge on any atom is 0.0701 e. The van der Waals surface area contributed by atoms with E-state index in [1.165, 1.54) is 16.2 Å². The van der Waals surface area contributed by atoms with E-state index in [0.717, 1.165) is 16.6 Å². The first-order chi connectivity index (χ1) is 14.9. The van der Waals surface area contributed by atoms with Gasteiger partial charge in [0.25, 0.3) is 0 Å². The third kappa shape index (κ3) is 6.23. The predicted octanol–water partition coefficient (Wildman–Crippen LogP) is 6.32. The molecule has 4 heteroatoms. The molecule has 0 saturated heterocycles. The summed E-state index contributed by atoms with van der Waals surface area (Å²) in [7, 11) is 0. The van der Waals surface area contributed by atoms with Gasteiger partial charge in [0.15, 0.2) is 0 Å². The van der Waals surface area contributed by atoms with Gasteiger partial charge in [0.2, 0.25) is 0 Å². The zero-order valence-corrected chi connectivity index (χ0v) is 17.5. The van der Waals surface area contributed by atoms with Crippen molar-refractivity contribution in [3.05, 3.63) is 128 Å². The molecule has 145 valence electrons. The molecule has 0 unspecified atom stereocenters. The zero-order chi connectivity index (χ0) is 20.4. The summed E-state index contributed by atoms with van der Waals surface area (Å²) in [5, 5.41) is 3.60. The first kappa shape index (κ1) is 22.2. The van der Waals surface area contributed by atoms with Crippen molar-refractivity contribution in [3.8, 4) is 0 Å². The Hall–Kier alpha value is -3.51. The van der Waals surface area contributed by atoms with Gasteiger partial charge >= 0.3 is 0 Å². The number of pyridine rings is 3. The predicted molar refractivity (Wildman–Crippen MR) is 131 cm³/mol. The topological polar surface area (TPSA) is 38.7 Å². The first-order valence-corrected chi connectivity index (χ1v) is 9.79. The molecule has 3 aromatic heterocycles. The molecule has 31 heavy (non-hydrogen) atoms. The van der Waals surface area contributed by atoms with Crippen molar-refractivity contribution in [2.75, 3.05) is 0 Å². The summed E-state index contributed by atoms with van der Waals surface area (Å²) in [6.07, 6.45) is 5.42. The summed E-state index contributed by atoms with van der Waals surface area (Å²) in [5.74, 6) is 0. The molecule has 0 saturated carbocycles. The molecule has 0 aliphatic heterocycles. The van der Waals surface area contributed by atoms with E-state index in [-0.39, 0.29) is 18.9 Å². The fraction of sp³-hybridized carbons (Fsp3) is 0. The molecule has 0 spiro atoms. The van der Waals surface area contributed by atoms with E-state index in [2.05, 4.69) is 51.4 Å². The Bertz CT molecular complexity index is 1000. The van der Waals surface area contributed by atoms with Crippen molar-refractivity contribution in [2.45, 2.75) is 0 Å². The maximum atomic E-state index is 4.18. The minimum absolute atomic E-state index is 0. The Balaban J connectivity index is 0.000000130. The van der Waals surface area contributed by atoms with Crippen LogP contribution in [-0.2, 0) is 0 Å². The number of aromatic nitrogens is 3. The van der Waals surface area contributed by atoms with E-state index in [9.17, 15) is 0 Å². The van der Waals surface area contributed by atoms with Crippen molar-refractivity contribution >= 4 is 51.6 Å². The molecule has 0 atom stereocenters. The Morgan fingerprint density at radius 1 is 0.323 bits per heavy atom. The SMILES string of the molecule is [Li].c1ccc2ncccc2c1.c1ccc2ncccc2c1.c1ccc2ncccc2c1. The van der Waals surface area contributed by atoms with Gasteiger partial charge in [-0.3, -0.25) is 15.0 Å². The van der Waals surface area contributed by atoms with Crippen molar-refractivity contribution in [1.29, 1.82) is 0 Å². The van der Waals surface area contributed by atoms with Gasteiger partial charge in [-0.05, 0) is 36.4 Å². The number of hydrogen-bond donors (Lipinski definition) is 0. The molecular weight excluding hydrogens is 373 g/mol. The summed E-state index contributed by atoms with van der Waals surface area (Å²) in [5.41, 5.74) is 3.18. The van der Waals surface area contributed by atoms with Crippen LogP contribution in [0.15, 0.2) is 128 Å². The Morgan fingerprint density at radius 2 is 0.581 bits per heavy atom. The van der Waals surface area contributed by atoms with Gasteiger partial charge in [-0.25, -0.2) is 0 Å². The summed E-state index contributed by atoms with van der Waals surface area (Å²) in [4.78, 5) is 12.5. The molecule has 6 rings (SSSR count). The number of para-hydroxylation sites is 3. The third-order valence-electron chi connectivity index (χ3n) is 4.54. The van der Waals surface area contributed by atoms with Gasteiger partial charge in [0.1, 0.15) is 0 Å². The minimum atomic E-state index is 0. The van der Waals surface area contributed by atoms with E-state index in [1.807, 2.05) is 91.4 Å². The van der Waals surface area contributed by atoms with Crippen LogP contribution in [0.25, 0.3) is 32.7 Å². The van der Waals surface area contributed by atoms with Gasteiger partial charge in [-0.2, -0.15) is 0 Å². The summed E-state index contributed by atoms with van der Waals surface area (Å²) in [6.45, 7) is 0. The zero-order valence-electron chi connectivity index (χ0n) is 17.5. The Morgan fingerprint density at radius 3 is 0.871 bits per heavy atom. The van der Waals surface area contributed by atoms with Crippen molar-refractivity contribution < 1.29 is 0 Å². The van der Waals surface area contributed by atoms with E-state index in [1.54, 1.807) is 0 Å². The van der Waals surface area contributed by atoms with Crippen LogP contribution >= 0.6 is 0 Å². The van der Waals surface area contributed by atoms with E-state index in [4.69, 9.17) is 0 Å². The molecule has 6 aromatic rings. The summed E-state index contributed by atoms with van der Waals surface area (Å²) >= 11 is 0. The second-order valence-electron chi connectivity index (χ2n) is 6.59. The number of hydrogen-bond acceptors (Lipinski definition) is 3. The van der Waals surface area contributed by atoms with Gasteiger partial charge in [-0.1, -0.05) is 72.8 Å². The minimum Gasteiger partial charge on any atom is -0.256 e. The van der Waals surface area contributed by atoms with Crippen LogP contribution in [0.4, 0.5) is 0 Å². The second kappa shape index (κ2) is 11.6. The Kier molecular flexibility index (Phi) is 8.31. The van der Waals surface area contributed by atoms with Crippen LogP contribution in [0, 0.1) is 0 Å². The van der Waals surface area contributed by atoms with Crippen molar-refractivity contribution in [2.24, 2.45) is 0 Å². The maximum absolute atomic E-state index is 4.18. The quantitative estimate of drug-likeness (QED) is 0.283. The number of fused-ring (bicyclic) bond motifs is 3. The van der Waals surface area contributed by atoms with Crippen LogP contribution < -0.4 is 0 Å².